The Morgan fingerprint density at radius 2 is 1.80 bits per heavy atom. The van der Waals surface area contributed by atoms with Gasteiger partial charge in [-0.1, -0.05) is 30.3 Å². The van der Waals surface area contributed by atoms with Crippen molar-refractivity contribution >= 4 is 11.1 Å². The summed E-state index contributed by atoms with van der Waals surface area (Å²) < 4.78 is 5.44. The van der Waals surface area contributed by atoms with Crippen LogP contribution >= 0.6 is 0 Å². The Labute approximate surface area is 87.2 Å². The number of furan rings is 1. The molecule has 0 N–H and O–H groups in total. The van der Waals surface area contributed by atoms with Crippen molar-refractivity contribution in [3.8, 4) is 11.1 Å². The summed E-state index contributed by atoms with van der Waals surface area (Å²) in [5, 5.41) is 0. The van der Waals surface area contributed by atoms with Crippen molar-refractivity contribution < 1.29 is 4.42 Å². The molecular weight excluding hydrogens is 186 g/mol. The molecule has 2 nitrogen and oxygen atoms in total. The molecule has 3 rings (SSSR count). The first-order chi connectivity index (χ1) is 7.45. The maximum atomic E-state index is 5.44. The van der Waals surface area contributed by atoms with Gasteiger partial charge >= 0.3 is 0 Å². The lowest BCUT2D eigenvalue weighted by atomic mass is 10.1. The van der Waals surface area contributed by atoms with Crippen molar-refractivity contribution in [2.45, 2.75) is 0 Å². The first-order valence-electron chi connectivity index (χ1n) is 4.83. The van der Waals surface area contributed by atoms with Crippen LogP contribution in [0.5, 0.6) is 0 Å². The normalized spacial score (nSPS) is 10.7. The van der Waals surface area contributed by atoms with Gasteiger partial charge in [0.1, 0.15) is 11.8 Å². The summed E-state index contributed by atoms with van der Waals surface area (Å²) in [6.07, 6.45) is 3.54. The highest BCUT2D eigenvalue weighted by atomic mass is 16.3. The smallest absolute Gasteiger partial charge is 0.152 e. The lowest BCUT2D eigenvalue weighted by Gasteiger charge is -1.95. The van der Waals surface area contributed by atoms with E-state index in [1.54, 1.807) is 12.5 Å². The van der Waals surface area contributed by atoms with E-state index in [1.165, 1.54) is 0 Å². The fourth-order valence-electron chi connectivity index (χ4n) is 1.69. The molecule has 72 valence electrons. The van der Waals surface area contributed by atoms with Gasteiger partial charge in [-0.25, -0.2) is 0 Å². The summed E-state index contributed by atoms with van der Waals surface area (Å²) in [6, 6.07) is 13.9. The number of hydrogen-bond donors (Lipinski definition) is 0. The summed E-state index contributed by atoms with van der Waals surface area (Å²) in [5.74, 6) is 0. The second kappa shape index (κ2) is 3.24. The van der Waals surface area contributed by atoms with Crippen LogP contribution in [0.4, 0.5) is 0 Å². The third-order valence-corrected chi connectivity index (χ3v) is 2.41. The average Bonchev–Trinajstić information content (AvgIpc) is 2.74. The third-order valence-electron chi connectivity index (χ3n) is 2.41. The van der Waals surface area contributed by atoms with Gasteiger partial charge in [-0.05, 0) is 17.7 Å². The molecule has 0 saturated carbocycles. The molecule has 1 aromatic carbocycles. The van der Waals surface area contributed by atoms with E-state index in [4.69, 9.17) is 4.42 Å². The maximum absolute atomic E-state index is 5.44. The molecule has 0 aliphatic heterocycles. The van der Waals surface area contributed by atoms with Crippen molar-refractivity contribution in [3.63, 3.8) is 0 Å². The second-order valence-corrected chi connectivity index (χ2v) is 3.37. The van der Waals surface area contributed by atoms with E-state index in [0.717, 1.165) is 22.2 Å². The van der Waals surface area contributed by atoms with E-state index >= 15 is 0 Å². The molecule has 2 aromatic heterocycles. The number of benzene rings is 1. The van der Waals surface area contributed by atoms with E-state index in [1.807, 2.05) is 30.3 Å². The van der Waals surface area contributed by atoms with Gasteiger partial charge in [-0.2, -0.15) is 0 Å². The fourth-order valence-corrected chi connectivity index (χ4v) is 1.69. The van der Waals surface area contributed by atoms with Crippen LogP contribution < -0.4 is 0 Å². The predicted molar refractivity (Wildman–Crippen MR) is 59.4 cm³/mol. The number of hydrogen-bond acceptors (Lipinski definition) is 2. The molecular formula is C13H9NO. The summed E-state index contributed by atoms with van der Waals surface area (Å²) in [6.45, 7) is 0. The van der Waals surface area contributed by atoms with Crippen LogP contribution in [0.25, 0.3) is 22.2 Å². The van der Waals surface area contributed by atoms with Crippen LogP contribution in [0.1, 0.15) is 0 Å². The quantitative estimate of drug-likeness (QED) is 0.594. The molecule has 2 heterocycles. The molecule has 0 unspecified atom stereocenters. The molecule has 15 heavy (non-hydrogen) atoms. The lowest BCUT2D eigenvalue weighted by Crippen LogP contribution is -1.76. The Kier molecular flexibility index (Phi) is 1.78. The average molecular weight is 195 g/mol. The SMILES string of the molecule is c1ccc(-c2coc3cccnc23)cc1. The highest BCUT2D eigenvalue weighted by molar-refractivity contribution is 5.90. The summed E-state index contributed by atoms with van der Waals surface area (Å²) in [4.78, 5) is 4.32. The van der Waals surface area contributed by atoms with E-state index in [0.29, 0.717) is 0 Å². The molecule has 0 atom stereocenters. The van der Waals surface area contributed by atoms with E-state index in [9.17, 15) is 0 Å². The van der Waals surface area contributed by atoms with E-state index in [2.05, 4.69) is 17.1 Å². The van der Waals surface area contributed by atoms with Crippen LogP contribution in [0.15, 0.2) is 59.3 Å². The van der Waals surface area contributed by atoms with Gasteiger partial charge in [-0.15, -0.1) is 0 Å². The van der Waals surface area contributed by atoms with Crippen LogP contribution in [-0.4, -0.2) is 4.98 Å². The van der Waals surface area contributed by atoms with Crippen LogP contribution in [0, 0.1) is 0 Å². The summed E-state index contributed by atoms with van der Waals surface area (Å²) in [5.41, 5.74) is 3.93. The zero-order chi connectivity index (χ0) is 10.1. The number of aromatic nitrogens is 1. The first kappa shape index (κ1) is 8.24. The van der Waals surface area contributed by atoms with Crippen molar-refractivity contribution in [1.29, 1.82) is 0 Å². The largest absolute Gasteiger partial charge is 0.462 e. The predicted octanol–water partition coefficient (Wildman–Crippen LogP) is 3.49. The second-order valence-electron chi connectivity index (χ2n) is 3.37. The summed E-state index contributed by atoms with van der Waals surface area (Å²) >= 11 is 0. The molecule has 0 spiro atoms. The molecule has 2 heteroatoms. The molecule has 0 fully saturated rings. The highest BCUT2D eigenvalue weighted by Crippen LogP contribution is 2.28. The van der Waals surface area contributed by atoms with E-state index < -0.39 is 0 Å². The molecule has 3 aromatic rings. The topological polar surface area (TPSA) is 26.0 Å². The van der Waals surface area contributed by atoms with Crippen LogP contribution in [0.3, 0.4) is 0 Å². The number of fused-ring (bicyclic) bond motifs is 1. The molecule has 0 bridgehead atoms. The van der Waals surface area contributed by atoms with Gasteiger partial charge in [0.2, 0.25) is 0 Å². The van der Waals surface area contributed by atoms with Gasteiger partial charge in [0.15, 0.2) is 5.58 Å². The minimum atomic E-state index is 0.830. The fraction of sp³-hybridized carbons (Fsp3) is 0. The van der Waals surface area contributed by atoms with Gasteiger partial charge in [0.25, 0.3) is 0 Å². The monoisotopic (exact) mass is 195 g/mol. The molecule has 0 aliphatic carbocycles. The Bertz CT molecular complexity index is 584. The maximum Gasteiger partial charge on any atom is 0.152 e. The molecule has 0 aliphatic rings. The van der Waals surface area contributed by atoms with Gasteiger partial charge in [0.05, 0.1) is 0 Å². The number of nitrogens with zero attached hydrogens (tertiary/aromatic N) is 1. The minimum absolute atomic E-state index is 0.830. The Hall–Kier alpha value is -2.09. The van der Waals surface area contributed by atoms with E-state index in [-0.39, 0.29) is 0 Å². The lowest BCUT2D eigenvalue weighted by molar-refractivity contribution is 0.616. The molecule has 0 radical (unpaired) electrons. The zero-order valence-corrected chi connectivity index (χ0v) is 8.05. The number of rotatable bonds is 1. The standard InChI is InChI=1S/C13H9NO/c1-2-5-10(6-3-1)11-9-15-12-7-4-8-14-13(11)12/h1-9H. The Balaban J connectivity index is 2.28. The van der Waals surface area contributed by atoms with Gasteiger partial charge < -0.3 is 4.42 Å². The Morgan fingerprint density at radius 1 is 0.933 bits per heavy atom. The summed E-state index contributed by atoms with van der Waals surface area (Å²) in [7, 11) is 0. The van der Waals surface area contributed by atoms with Crippen LogP contribution in [0.2, 0.25) is 0 Å². The third kappa shape index (κ3) is 1.31. The van der Waals surface area contributed by atoms with Crippen molar-refractivity contribution in [1.82, 2.24) is 4.98 Å². The molecule has 0 saturated heterocycles. The van der Waals surface area contributed by atoms with Crippen LogP contribution in [-0.2, 0) is 0 Å². The van der Waals surface area contributed by atoms with Gasteiger partial charge in [0, 0.05) is 11.8 Å². The van der Waals surface area contributed by atoms with Gasteiger partial charge in [-0.3, -0.25) is 4.98 Å². The highest BCUT2D eigenvalue weighted by Gasteiger charge is 2.07. The number of pyridine rings is 1. The zero-order valence-electron chi connectivity index (χ0n) is 8.05. The first-order valence-corrected chi connectivity index (χ1v) is 4.83. The minimum Gasteiger partial charge on any atom is -0.462 e. The Morgan fingerprint density at radius 3 is 2.67 bits per heavy atom. The van der Waals surface area contributed by atoms with Crippen molar-refractivity contribution in [2.24, 2.45) is 0 Å². The van der Waals surface area contributed by atoms with Crippen molar-refractivity contribution in [3.05, 3.63) is 54.9 Å². The molecule has 0 amide bonds. The van der Waals surface area contributed by atoms with Crippen molar-refractivity contribution in [2.75, 3.05) is 0 Å².